The van der Waals surface area contributed by atoms with E-state index in [1.807, 2.05) is 10.6 Å². The Morgan fingerprint density at radius 3 is 2.93 bits per heavy atom. The van der Waals surface area contributed by atoms with Gasteiger partial charge in [-0.25, -0.2) is 9.50 Å². The van der Waals surface area contributed by atoms with Crippen LogP contribution in [0.25, 0.3) is 5.65 Å². The van der Waals surface area contributed by atoms with Gasteiger partial charge in [0.15, 0.2) is 5.65 Å². The van der Waals surface area contributed by atoms with Gasteiger partial charge >= 0.3 is 0 Å². The van der Waals surface area contributed by atoms with Crippen molar-refractivity contribution in [2.45, 2.75) is 25.3 Å². The molecule has 4 heteroatoms. The van der Waals surface area contributed by atoms with Gasteiger partial charge in [0, 0.05) is 17.3 Å². The quantitative estimate of drug-likeness (QED) is 0.559. The number of nitrogens with zero attached hydrogens (tertiary/aromatic N) is 3. The lowest BCUT2D eigenvalue weighted by Gasteiger charge is -2.09. The molecule has 2 heterocycles. The standard InChI is InChI=1S/C10H13N3S/c1-4-8-7(2)10(14-3)12-9-5-6-11-13(8)9/h5-6H,4H2,1-3H3. The van der Waals surface area contributed by atoms with Crippen molar-refractivity contribution in [3.05, 3.63) is 23.5 Å². The molecule has 0 bridgehead atoms. The highest BCUT2D eigenvalue weighted by molar-refractivity contribution is 7.98. The van der Waals surface area contributed by atoms with Crippen LogP contribution in [0.15, 0.2) is 17.3 Å². The summed E-state index contributed by atoms with van der Waals surface area (Å²) in [7, 11) is 0. The van der Waals surface area contributed by atoms with Gasteiger partial charge in [-0.3, -0.25) is 0 Å². The van der Waals surface area contributed by atoms with Gasteiger partial charge in [0.05, 0.1) is 6.20 Å². The molecule has 0 amide bonds. The molecule has 74 valence electrons. The SMILES string of the molecule is CCc1c(C)c(SC)nc2ccnn12. The van der Waals surface area contributed by atoms with Crippen LogP contribution in [0.4, 0.5) is 0 Å². The zero-order valence-electron chi connectivity index (χ0n) is 8.61. The molecular weight excluding hydrogens is 194 g/mol. The first-order valence-corrected chi connectivity index (χ1v) is 5.87. The van der Waals surface area contributed by atoms with Crippen LogP contribution < -0.4 is 0 Å². The van der Waals surface area contributed by atoms with Crippen molar-refractivity contribution < 1.29 is 0 Å². The summed E-state index contributed by atoms with van der Waals surface area (Å²) >= 11 is 1.69. The molecule has 2 rings (SSSR count). The minimum Gasteiger partial charge on any atom is -0.222 e. The van der Waals surface area contributed by atoms with Crippen LogP contribution in [0.3, 0.4) is 0 Å². The van der Waals surface area contributed by atoms with Crippen LogP contribution in [0, 0.1) is 6.92 Å². The van der Waals surface area contributed by atoms with Gasteiger partial charge in [-0.15, -0.1) is 11.8 Å². The van der Waals surface area contributed by atoms with Gasteiger partial charge in [0.2, 0.25) is 0 Å². The Labute approximate surface area is 87.5 Å². The Morgan fingerprint density at radius 2 is 2.29 bits per heavy atom. The number of hydrogen-bond donors (Lipinski definition) is 0. The van der Waals surface area contributed by atoms with Crippen molar-refractivity contribution in [1.29, 1.82) is 0 Å². The van der Waals surface area contributed by atoms with Crippen LogP contribution in [-0.4, -0.2) is 20.9 Å². The topological polar surface area (TPSA) is 30.2 Å². The maximum absolute atomic E-state index is 4.53. The minimum atomic E-state index is 0.941. The molecule has 0 radical (unpaired) electrons. The molecule has 3 nitrogen and oxygen atoms in total. The number of aryl methyl sites for hydroxylation is 1. The first-order valence-electron chi connectivity index (χ1n) is 4.65. The van der Waals surface area contributed by atoms with E-state index in [0.29, 0.717) is 0 Å². The Morgan fingerprint density at radius 1 is 1.50 bits per heavy atom. The normalized spacial score (nSPS) is 11.1. The third-order valence-corrected chi connectivity index (χ3v) is 3.16. The van der Waals surface area contributed by atoms with Crippen LogP contribution in [0.5, 0.6) is 0 Å². The second-order valence-corrected chi connectivity index (χ2v) is 3.94. The molecule has 0 saturated heterocycles. The van der Waals surface area contributed by atoms with E-state index in [1.165, 1.54) is 11.3 Å². The number of thioether (sulfide) groups is 1. The third kappa shape index (κ3) is 1.30. The average molecular weight is 207 g/mol. The molecule has 0 atom stereocenters. The van der Waals surface area contributed by atoms with E-state index in [0.717, 1.165) is 17.1 Å². The van der Waals surface area contributed by atoms with Crippen LogP contribution >= 0.6 is 11.8 Å². The fraction of sp³-hybridized carbons (Fsp3) is 0.400. The highest BCUT2D eigenvalue weighted by Crippen LogP contribution is 2.21. The molecule has 0 aliphatic carbocycles. The lowest BCUT2D eigenvalue weighted by Crippen LogP contribution is -2.04. The second kappa shape index (κ2) is 3.61. The third-order valence-electron chi connectivity index (χ3n) is 2.38. The van der Waals surface area contributed by atoms with Crippen molar-refractivity contribution in [2.24, 2.45) is 0 Å². The monoisotopic (exact) mass is 207 g/mol. The molecule has 0 aromatic carbocycles. The van der Waals surface area contributed by atoms with Crippen molar-refractivity contribution in [2.75, 3.05) is 6.26 Å². The smallest absolute Gasteiger partial charge is 0.156 e. The second-order valence-electron chi connectivity index (χ2n) is 3.15. The molecular formula is C10H13N3S. The predicted octanol–water partition coefficient (Wildman–Crippen LogP) is 2.32. The van der Waals surface area contributed by atoms with E-state index < -0.39 is 0 Å². The average Bonchev–Trinajstić information content (AvgIpc) is 2.64. The highest BCUT2D eigenvalue weighted by atomic mass is 32.2. The van der Waals surface area contributed by atoms with Crippen LogP contribution in [0.1, 0.15) is 18.2 Å². The van der Waals surface area contributed by atoms with Crippen molar-refractivity contribution in [3.63, 3.8) is 0 Å². The Bertz CT molecular complexity index is 462. The zero-order valence-corrected chi connectivity index (χ0v) is 9.43. The van der Waals surface area contributed by atoms with Gasteiger partial charge in [-0.1, -0.05) is 6.92 Å². The lowest BCUT2D eigenvalue weighted by atomic mass is 10.2. The molecule has 0 aliphatic rings. The lowest BCUT2D eigenvalue weighted by molar-refractivity contribution is 0.812. The van der Waals surface area contributed by atoms with E-state index in [4.69, 9.17) is 0 Å². The highest BCUT2D eigenvalue weighted by Gasteiger charge is 2.09. The van der Waals surface area contributed by atoms with E-state index >= 15 is 0 Å². The summed E-state index contributed by atoms with van der Waals surface area (Å²) in [5.41, 5.74) is 3.44. The summed E-state index contributed by atoms with van der Waals surface area (Å²) in [5, 5.41) is 5.38. The molecule has 0 spiro atoms. The first kappa shape index (κ1) is 9.52. The molecule has 2 aromatic rings. The summed E-state index contributed by atoms with van der Waals surface area (Å²) in [6.07, 6.45) is 4.84. The minimum absolute atomic E-state index is 0.941. The Balaban J connectivity index is 2.80. The molecule has 0 fully saturated rings. The fourth-order valence-electron chi connectivity index (χ4n) is 1.67. The summed E-state index contributed by atoms with van der Waals surface area (Å²) in [6.45, 7) is 4.26. The van der Waals surface area contributed by atoms with Crippen molar-refractivity contribution >= 4 is 17.4 Å². The molecule has 0 saturated carbocycles. The van der Waals surface area contributed by atoms with E-state index in [1.54, 1.807) is 18.0 Å². The number of fused-ring (bicyclic) bond motifs is 1. The Hall–Kier alpha value is -1.03. The maximum atomic E-state index is 4.53. The predicted molar refractivity (Wildman–Crippen MR) is 58.9 cm³/mol. The van der Waals surface area contributed by atoms with Crippen LogP contribution in [-0.2, 0) is 6.42 Å². The van der Waals surface area contributed by atoms with Gasteiger partial charge in [0.25, 0.3) is 0 Å². The largest absolute Gasteiger partial charge is 0.222 e. The summed E-state index contributed by atoms with van der Waals surface area (Å²) in [6, 6.07) is 1.94. The number of aromatic nitrogens is 3. The molecule has 0 unspecified atom stereocenters. The Kier molecular flexibility index (Phi) is 2.46. The maximum Gasteiger partial charge on any atom is 0.156 e. The van der Waals surface area contributed by atoms with E-state index in [9.17, 15) is 0 Å². The summed E-state index contributed by atoms with van der Waals surface area (Å²) in [4.78, 5) is 4.53. The summed E-state index contributed by atoms with van der Waals surface area (Å²) < 4.78 is 1.93. The van der Waals surface area contributed by atoms with E-state index in [2.05, 4.69) is 30.2 Å². The van der Waals surface area contributed by atoms with Gasteiger partial charge in [-0.2, -0.15) is 5.10 Å². The van der Waals surface area contributed by atoms with Gasteiger partial charge in [0.1, 0.15) is 5.03 Å². The molecule has 0 aliphatic heterocycles. The first-order chi connectivity index (χ1) is 6.77. The van der Waals surface area contributed by atoms with Crippen molar-refractivity contribution in [3.8, 4) is 0 Å². The van der Waals surface area contributed by atoms with Crippen LogP contribution in [0.2, 0.25) is 0 Å². The fourth-order valence-corrected chi connectivity index (χ4v) is 2.28. The molecule has 2 aromatic heterocycles. The molecule has 0 N–H and O–H groups in total. The number of hydrogen-bond acceptors (Lipinski definition) is 3. The van der Waals surface area contributed by atoms with Crippen molar-refractivity contribution in [1.82, 2.24) is 14.6 Å². The van der Waals surface area contributed by atoms with E-state index in [-0.39, 0.29) is 0 Å². The number of rotatable bonds is 2. The summed E-state index contributed by atoms with van der Waals surface area (Å²) in [5.74, 6) is 0. The van der Waals surface area contributed by atoms with Gasteiger partial charge < -0.3 is 0 Å². The molecule has 14 heavy (non-hydrogen) atoms. The zero-order chi connectivity index (χ0) is 10.1. The van der Waals surface area contributed by atoms with Gasteiger partial charge in [-0.05, 0) is 19.6 Å².